The first-order valence-corrected chi connectivity index (χ1v) is 7.58. The summed E-state index contributed by atoms with van der Waals surface area (Å²) in [5.74, 6) is 0.158. The number of carbonyl (C=O) groups is 1. The number of halogens is 3. The maximum Gasteiger partial charge on any atom is 0.573 e. The molecular weight excluding hydrogens is 309 g/mol. The van der Waals surface area contributed by atoms with E-state index in [1.165, 1.54) is 12.1 Å². The van der Waals surface area contributed by atoms with Gasteiger partial charge < -0.3 is 15.0 Å². The number of piperidine rings is 1. The molecule has 0 aliphatic carbocycles. The molecule has 128 valence electrons. The average Bonchev–Trinajstić information content (AvgIpc) is 2.44. The van der Waals surface area contributed by atoms with Gasteiger partial charge in [-0.1, -0.05) is 19.1 Å². The van der Waals surface area contributed by atoms with Gasteiger partial charge in [-0.2, -0.15) is 0 Å². The van der Waals surface area contributed by atoms with Crippen LogP contribution in [0.1, 0.15) is 25.8 Å². The first-order valence-electron chi connectivity index (χ1n) is 7.58. The molecule has 1 amide bonds. The van der Waals surface area contributed by atoms with Gasteiger partial charge in [0, 0.05) is 32.6 Å². The van der Waals surface area contributed by atoms with E-state index >= 15 is 0 Å². The Morgan fingerprint density at radius 3 is 2.78 bits per heavy atom. The van der Waals surface area contributed by atoms with Crippen LogP contribution in [0, 0.1) is 5.92 Å². The standard InChI is InChI=1S/C16H21F3N2O2/c1-11-10-21(12(2)22)7-6-15(11)20-9-13-4-3-5-14(8-13)23-16(17,18)19/h3-5,8,11,15,20H,6-7,9-10H2,1-2H3/t11-,15-/m0/s1. The molecule has 0 aromatic heterocycles. The van der Waals surface area contributed by atoms with Gasteiger partial charge in [0.2, 0.25) is 5.91 Å². The van der Waals surface area contributed by atoms with Crippen LogP contribution < -0.4 is 10.1 Å². The molecule has 0 unspecified atom stereocenters. The van der Waals surface area contributed by atoms with Crippen molar-refractivity contribution in [3.05, 3.63) is 29.8 Å². The monoisotopic (exact) mass is 330 g/mol. The van der Waals surface area contributed by atoms with Crippen molar-refractivity contribution in [3.8, 4) is 5.75 Å². The van der Waals surface area contributed by atoms with E-state index in [9.17, 15) is 18.0 Å². The second kappa shape index (κ2) is 7.21. The highest BCUT2D eigenvalue weighted by Gasteiger charge is 2.31. The highest BCUT2D eigenvalue weighted by Crippen LogP contribution is 2.24. The summed E-state index contributed by atoms with van der Waals surface area (Å²) in [5.41, 5.74) is 0.730. The Bertz CT molecular complexity index is 548. The summed E-state index contributed by atoms with van der Waals surface area (Å²) < 4.78 is 40.6. The van der Waals surface area contributed by atoms with Crippen LogP contribution in [-0.4, -0.2) is 36.3 Å². The van der Waals surface area contributed by atoms with Gasteiger partial charge in [-0.25, -0.2) is 0 Å². The molecule has 1 heterocycles. The first-order chi connectivity index (χ1) is 10.7. The van der Waals surface area contributed by atoms with Gasteiger partial charge in [-0.15, -0.1) is 13.2 Å². The van der Waals surface area contributed by atoms with Crippen LogP contribution >= 0.6 is 0 Å². The smallest absolute Gasteiger partial charge is 0.406 e. The lowest BCUT2D eigenvalue weighted by atomic mass is 9.93. The van der Waals surface area contributed by atoms with Crippen LogP contribution in [0.3, 0.4) is 0 Å². The Morgan fingerprint density at radius 1 is 1.43 bits per heavy atom. The highest BCUT2D eigenvalue weighted by molar-refractivity contribution is 5.73. The molecule has 1 aromatic carbocycles. The maximum atomic E-state index is 12.2. The van der Waals surface area contributed by atoms with Crippen molar-refractivity contribution in [2.24, 2.45) is 5.92 Å². The Hall–Kier alpha value is -1.76. The number of nitrogens with zero attached hydrogens (tertiary/aromatic N) is 1. The van der Waals surface area contributed by atoms with Gasteiger partial charge in [0.05, 0.1) is 0 Å². The molecule has 23 heavy (non-hydrogen) atoms. The molecule has 0 radical (unpaired) electrons. The lowest BCUT2D eigenvalue weighted by Crippen LogP contribution is -2.49. The van der Waals surface area contributed by atoms with Gasteiger partial charge in [0.25, 0.3) is 0 Å². The fourth-order valence-electron chi connectivity index (χ4n) is 2.84. The van der Waals surface area contributed by atoms with Crippen LogP contribution in [0.2, 0.25) is 0 Å². The lowest BCUT2D eigenvalue weighted by molar-refractivity contribution is -0.274. The summed E-state index contributed by atoms with van der Waals surface area (Å²) in [6.07, 6.45) is -3.85. The number of alkyl halides is 3. The van der Waals surface area contributed by atoms with Crippen LogP contribution in [0.25, 0.3) is 0 Å². The zero-order valence-electron chi connectivity index (χ0n) is 13.2. The van der Waals surface area contributed by atoms with Crippen molar-refractivity contribution < 1.29 is 22.7 Å². The number of hydrogen-bond donors (Lipinski definition) is 1. The van der Waals surface area contributed by atoms with Crippen LogP contribution in [0.5, 0.6) is 5.75 Å². The van der Waals surface area contributed by atoms with E-state index in [4.69, 9.17) is 0 Å². The van der Waals surface area contributed by atoms with E-state index in [0.717, 1.165) is 12.0 Å². The van der Waals surface area contributed by atoms with E-state index < -0.39 is 6.36 Å². The summed E-state index contributed by atoms with van der Waals surface area (Å²) in [4.78, 5) is 13.2. The number of benzene rings is 1. The van der Waals surface area contributed by atoms with Crippen molar-refractivity contribution in [1.82, 2.24) is 10.2 Å². The molecule has 2 rings (SSSR count). The number of rotatable bonds is 4. The molecule has 1 fully saturated rings. The molecule has 1 aromatic rings. The summed E-state index contributed by atoms with van der Waals surface area (Å²) >= 11 is 0. The van der Waals surface area contributed by atoms with Crippen molar-refractivity contribution in [3.63, 3.8) is 0 Å². The second-order valence-corrected chi connectivity index (χ2v) is 5.91. The summed E-state index contributed by atoms with van der Waals surface area (Å²) in [6, 6.07) is 6.20. The first kappa shape index (κ1) is 17.6. The Kier molecular flexibility index (Phi) is 5.51. The SMILES string of the molecule is CC(=O)N1CC[C@H](NCc2cccc(OC(F)(F)F)c2)[C@@H](C)C1. The van der Waals surface area contributed by atoms with Gasteiger partial charge >= 0.3 is 6.36 Å². The molecule has 0 spiro atoms. The fraction of sp³-hybridized carbons (Fsp3) is 0.562. The topological polar surface area (TPSA) is 41.6 Å². The third-order valence-electron chi connectivity index (χ3n) is 4.05. The van der Waals surface area contributed by atoms with Gasteiger partial charge in [0.15, 0.2) is 0 Å². The predicted octanol–water partition coefficient (Wildman–Crippen LogP) is 2.93. The predicted molar refractivity (Wildman–Crippen MR) is 79.8 cm³/mol. The minimum absolute atomic E-state index is 0.0762. The van der Waals surface area contributed by atoms with Crippen molar-refractivity contribution in [1.29, 1.82) is 0 Å². The number of ether oxygens (including phenoxy) is 1. The summed E-state index contributed by atoms with van der Waals surface area (Å²) in [5, 5.41) is 3.36. The third-order valence-corrected chi connectivity index (χ3v) is 4.05. The van der Waals surface area contributed by atoms with Crippen molar-refractivity contribution in [2.45, 2.75) is 39.2 Å². The van der Waals surface area contributed by atoms with Gasteiger partial charge in [0.1, 0.15) is 5.75 Å². The van der Waals surface area contributed by atoms with Crippen LogP contribution in [-0.2, 0) is 11.3 Å². The number of likely N-dealkylation sites (tertiary alicyclic amines) is 1. The number of nitrogens with one attached hydrogen (secondary N) is 1. The minimum atomic E-state index is -4.68. The molecule has 0 bridgehead atoms. The largest absolute Gasteiger partial charge is 0.573 e. The highest BCUT2D eigenvalue weighted by atomic mass is 19.4. The van der Waals surface area contributed by atoms with Crippen LogP contribution in [0.4, 0.5) is 13.2 Å². The number of hydrogen-bond acceptors (Lipinski definition) is 3. The van der Waals surface area contributed by atoms with Crippen molar-refractivity contribution >= 4 is 5.91 Å². The summed E-state index contributed by atoms with van der Waals surface area (Å²) in [7, 11) is 0. The zero-order chi connectivity index (χ0) is 17.0. The normalized spacial score (nSPS) is 22.0. The Labute approximate surface area is 133 Å². The second-order valence-electron chi connectivity index (χ2n) is 5.91. The van der Waals surface area contributed by atoms with Crippen LogP contribution in [0.15, 0.2) is 24.3 Å². The average molecular weight is 330 g/mol. The molecule has 1 saturated heterocycles. The molecule has 2 atom stereocenters. The zero-order valence-corrected chi connectivity index (χ0v) is 13.2. The third kappa shape index (κ3) is 5.42. The maximum absolute atomic E-state index is 12.2. The summed E-state index contributed by atoms with van der Waals surface area (Å²) in [6.45, 7) is 5.49. The fourth-order valence-corrected chi connectivity index (χ4v) is 2.84. The van der Waals surface area contributed by atoms with E-state index in [2.05, 4.69) is 17.0 Å². The van der Waals surface area contributed by atoms with Gasteiger partial charge in [-0.3, -0.25) is 4.79 Å². The number of amides is 1. The van der Waals surface area contributed by atoms with E-state index in [-0.39, 0.29) is 17.7 Å². The lowest BCUT2D eigenvalue weighted by Gasteiger charge is -2.37. The molecule has 1 N–H and O–H groups in total. The molecule has 4 nitrogen and oxygen atoms in total. The quantitative estimate of drug-likeness (QED) is 0.923. The molecule has 0 saturated carbocycles. The van der Waals surface area contributed by atoms with Gasteiger partial charge in [-0.05, 0) is 30.0 Å². The van der Waals surface area contributed by atoms with E-state index in [1.807, 2.05) is 4.90 Å². The molecule has 1 aliphatic rings. The molecular formula is C16H21F3N2O2. The number of carbonyl (C=O) groups excluding carboxylic acids is 1. The van der Waals surface area contributed by atoms with Crippen molar-refractivity contribution in [2.75, 3.05) is 13.1 Å². The molecule has 7 heteroatoms. The van der Waals surface area contributed by atoms with E-state index in [1.54, 1.807) is 19.1 Å². The Balaban J connectivity index is 1.89. The minimum Gasteiger partial charge on any atom is -0.406 e. The molecule has 1 aliphatic heterocycles. The Morgan fingerprint density at radius 2 is 2.17 bits per heavy atom. The van der Waals surface area contributed by atoms with E-state index in [0.29, 0.717) is 25.6 Å².